The number of halogens is 1. The first kappa shape index (κ1) is 20.3. The van der Waals surface area contributed by atoms with Gasteiger partial charge in [0.15, 0.2) is 5.11 Å². The second-order valence-electron chi connectivity index (χ2n) is 6.31. The standard InChI is InChI=1S/C20H20ClN3O3S/c21-14-6-3-5-13(11-14)18(25)24-20(28)23-17-9-2-1-8-16(17)19(26)22-12-15-7-4-10-27-15/h1-3,5-6,8-9,11,15H,4,7,10,12H2,(H,22,26)(H2,23,24,25,28). The predicted molar refractivity (Wildman–Crippen MR) is 113 cm³/mol. The fraction of sp³-hybridized carbons (Fsp3) is 0.250. The molecule has 1 aliphatic rings. The van der Waals surface area contributed by atoms with Gasteiger partial charge in [-0.25, -0.2) is 0 Å². The van der Waals surface area contributed by atoms with Gasteiger partial charge in [0, 0.05) is 23.7 Å². The minimum absolute atomic E-state index is 0.0575. The highest BCUT2D eigenvalue weighted by molar-refractivity contribution is 7.80. The van der Waals surface area contributed by atoms with Crippen molar-refractivity contribution in [2.75, 3.05) is 18.5 Å². The Kier molecular flexibility index (Phi) is 6.97. The van der Waals surface area contributed by atoms with E-state index in [9.17, 15) is 9.59 Å². The van der Waals surface area contributed by atoms with Gasteiger partial charge in [0.2, 0.25) is 0 Å². The Morgan fingerprint density at radius 2 is 1.96 bits per heavy atom. The molecule has 146 valence electrons. The second-order valence-corrected chi connectivity index (χ2v) is 7.15. The lowest BCUT2D eigenvalue weighted by Gasteiger charge is -2.15. The third kappa shape index (κ3) is 5.51. The molecular formula is C20H20ClN3O3S. The van der Waals surface area contributed by atoms with E-state index in [2.05, 4.69) is 16.0 Å². The van der Waals surface area contributed by atoms with Crippen LogP contribution in [-0.4, -0.2) is 36.2 Å². The molecule has 1 unspecified atom stereocenters. The zero-order chi connectivity index (χ0) is 19.9. The van der Waals surface area contributed by atoms with E-state index in [0.717, 1.165) is 19.4 Å². The molecule has 8 heteroatoms. The van der Waals surface area contributed by atoms with Crippen LogP contribution in [0.2, 0.25) is 5.02 Å². The van der Waals surface area contributed by atoms with Gasteiger partial charge in [-0.3, -0.25) is 14.9 Å². The maximum Gasteiger partial charge on any atom is 0.257 e. The van der Waals surface area contributed by atoms with Gasteiger partial charge in [-0.05, 0) is 55.4 Å². The van der Waals surface area contributed by atoms with E-state index in [1.165, 1.54) is 0 Å². The third-order valence-corrected chi connectivity index (χ3v) is 4.69. The maximum atomic E-state index is 12.5. The SMILES string of the molecule is O=C(NC(=S)Nc1ccccc1C(=O)NCC1CCCO1)c1cccc(Cl)c1. The van der Waals surface area contributed by atoms with Crippen LogP contribution in [0.1, 0.15) is 33.6 Å². The lowest BCUT2D eigenvalue weighted by atomic mass is 10.1. The molecule has 1 aliphatic heterocycles. The molecule has 2 amide bonds. The summed E-state index contributed by atoms with van der Waals surface area (Å²) in [5, 5.41) is 8.92. The van der Waals surface area contributed by atoms with Crippen LogP contribution in [0.15, 0.2) is 48.5 Å². The zero-order valence-corrected chi connectivity index (χ0v) is 16.6. The van der Waals surface area contributed by atoms with Crippen molar-refractivity contribution in [3.05, 3.63) is 64.7 Å². The molecule has 1 fully saturated rings. The Labute approximate surface area is 173 Å². The van der Waals surface area contributed by atoms with Crippen molar-refractivity contribution in [1.82, 2.24) is 10.6 Å². The number of thiocarbonyl (C=S) groups is 1. The van der Waals surface area contributed by atoms with E-state index in [4.69, 9.17) is 28.6 Å². The number of ether oxygens (including phenoxy) is 1. The Hall–Kier alpha value is -2.48. The highest BCUT2D eigenvalue weighted by atomic mass is 35.5. The molecule has 3 rings (SSSR count). The number of amides is 2. The molecule has 2 aromatic rings. The number of benzene rings is 2. The van der Waals surface area contributed by atoms with Crippen LogP contribution in [0.5, 0.6) is 0 Å². The Balaban J connectivity index is 1.61. The van der Waals surface area contributed by atoms with Crippen molar-refractivity contribution in [3.63, 3.8) is 0 Å². The first-order chi connectivity index (χ1) is 13.5. The van der Waals surface area contributed by atoms with Crippen molar-refractivity contribution in [2.24, 2.45) is 0 Å². The van der Waals surface area contributed by atoms with Gasteiger partial charge < -0.3 is 15.4 Å². The van der Waals surface area contributed by atoms with E-state index in [1.54, 1.807) is 48.5 Å². The smallest absolute Gasteiger partial charge is 0.257 e. The predicted octanol–water partition coefficient (Wildman–Crippen LogP) is 3.38. The summed E-state index contributed by atoms with van der Waals surface area (Å²) in [6, 6.07) is 13.5. The fourth-order valence-corrected chi connectivity index (χ4v) is 3.25. The molecule has 28 heavy (non-hydrogen) atoms. The molecule has 0 radical (unpaired) electrons. The number of para-hydroxylation sites is 1. The Morgan fingerprint density at radius 3 is 2.71 bits per heavy atom. The molecule has 1 heterocycles. The highest BCUT2D eigenvalue weighted by Crippen LogP contribution is 2.16. The van der Waals surface area contributed by atoms with Crippen molar-refractivity contribution < 1.29 is 14.3 Å². The molecule has 0 aromatic heterocycles. The van der Waals surface area contributed by atoms with E-state index >= 15 is 0 Å². The summed E-state index contributed by atoms with van der Waals surface area (Å²) in [5.41, 5.74) is 1.32. The maximum absolute atomic E-state index is 12.5. The van der Waals surface area contributed by atoms with Crippen molar-refractivity contribution in [2.45, 2.75) is 18.9 Å². The number of carbonyl (C=O) groups excluding carboxylic acids is 2. The number of hydrogen-bond acceptors (Lipinski definition) is 4. The van der Waals surface area contributed by atoms with E-state index in [1.807, 2.05) is 0 Å². The van der Waals surface area contributed by atoms with Gasteiger partial charge in [0.05, 0.1) is 17.4 Å². The largest absolute Gasteiger partial charge is 0.376 e. The highest BCUT2D eigenvalue weighted by Gasteiger charge is 2.18. The minimum atomic E-state index is -0.389. The molecular weight excluding hydrogens is 398 g/mol. The number of anilines is 1. The Morgan fingerprint density at radius 1 is 1.14 bits per heavy atom. The normalized spacial score (nSPS) is 15.7. The number of hydrogen-bond donors (Lipinski definition) is 3. The van der Waals surface area contributed by atoms with Gasteiger partial charge in [0.1, 0.15) is 0 Å². The molecule has 0 bridgehead atoms. The average molecular weight is 418 g/mol. The van der Waals surface area contributed by atoms with Crippen LogP contribution in [0, 0.1) is 0 Å². The summed E-state index contributed by atoms with van der Waals surface area (Å²) in [6.07, 6.45) is 2.01. The minimum Gasteiger partial charge on any atom is -0.376 e. The summed E-state index contributed by atoms with van der Waals surface area (Å²) in [7, 11) is 0. The summed E-state index contributed by atoms with van der Waals surface area (Å²) in [6.45, 7) is 1.20. The zero-order valence-electron chi connectivity index (χ0n) is 15.0. The van der Waals surface area contributed by atoms with Crippen LogP contribution in [0.4, 0.5) is 5.69 Å². The van der Waals surface area contributed by atoms with Gasteiger partial charge in [-0.1, -0.05) is 29.8 Å². The van der Waals surface area contributed by atoms with Gasteiger partial charge in [0.25, 0.3) is 11.8 Å². The number of rotatable bonds is 5. The number of carbonyl (C=O) groups is 2. The molecule has 1 saturated heterocycles. The van der Waals surface area contributed by atoms with Crippen LogP contribution >= 0.6 is 23.8 Å². The fourth-order valence-electron chi connectivity index (χ4n) is 2.86. The third-order valence-electron chi connectivity index (χ3n) is 4.25. The molecule has 1 atom stereocenters. The van der Waals surface area contributed by atoms with Gasteiger partial charge in [-0.15, -0.1) is 0 Å². The molecule has 0 aliphatic carbocycles. The molecule has 0 saturated carbocycles. The van der Waals surface area contributed by atoms with Gasteiger partial charge >= 0.3 is 0 Å². The van der Waals surface area contributed by atoms with E-state index < -0.39 is 0 Å². The van der Waals surface area contributed by atoms with E-state index in [-0.39, 0.29) is 23.0 Å². The lowest BCUT2D eigenvalue weighted by Crippen LogP contribution is -2.35. The molecule has 3 N–H and O–H groups in total. The average Bonchev–Trinajstić information content (AvgIpc) is 3.20. The topological polar surface area (TPSA) is 79.5 Å². The molecule has 2 aromatic carbocycles. The van der Waals surface area contributed by atoms with Crippen LogP contribution < -0.4 is 16.0 Å². The van der Waals surface area contributed by atoms with Crippen LogP contribution in [-0.2, 0) is 4.74 Å². The van der Waals surface area contributed by atoms with Crippen LogP contribution in [0.25, 0.3) is 0 Å². The first-order valence-corrected chi connectivity index (χ1v) is 9.68. The quantitative estimate of drug-likeness (QED) is 0.650. The summed E-state index contributed by atoms with van der Waals surface area (Å²) in [5.74, 6) is -0.622. The van der Waals surface area contributed by atoms with Crippen LogP contribution in [0.3, 0.4) is 0 Å². The second kappa shape index (κ2) is 9.64. The first-order valence-electron chi connectivity index (χ1n) is 8.89. The summed E-state index contributed by atoms with van der Waals surface area (Å²) >= 11 is 11.1. The molecule has 6 nitrogen and oxygen atoms in total. The Bertz CT molecular complexity index is 885. The number of nitrogens with one attached hydrogen (secondary N) is 3. The van der Waals surface area contributed by atoms with E-state index in [0.29, 0.717) is 28.4 Å². The van der Waals surface area contributed by atoms with Crippen molar-refractivity contribution in [3.8, 4) is 0 Å². The van der Waals surface area contributed by atoms with Crippen molar-refractivity contribution >= 4 is 46.4 Å². The summed E-state index contributed by atoms with van der Waals surface area (Å²) < 4.78 is 5.52. The lowest BCUT2D eigenvalue weighted by molar-refractivity contribution is 0.0858. The molecule has 0 spiro atoms. The van der Waals surface area contributed by atoms with Gasteiger partial charge in [-0.2, -0.15) is 0 Å². The summed E-state index contributed by atoms with van der Waals surface area (Å²) in [4.78, 5) is 24.8. The van der Waals surface area contributed by atoms with Crippen molar-refractivity contribution in [1.29, 1.82) is 0 Å². The monoisotopic (exact) mass is 417 g/mol.